The third kappa shape index (κ3) is 12.3. The smallest absolute Gasteiger partial charge is 0.316 e. The number of carboxylic acid groups (broad SMARTS) is 1. The van der Waals surface area contributed by atoms with E-state index in [1.54, 1.807) is 24.3 Å². The average Bonchev–Trinajstić information content (AvgIpc) is 3.06. The number of hydrogen-bond donors (Lipinski definition) is 3. The van der Waals surface area contributed by atoms with Crippen LogP contribution >= 0.6 is 11.8 Å². The van der Waals surface area contributed by atoms with Gasteiger partial charge in [-0.3, -0.25) is 4.79 Å². The lowest BCUT2D eigenvalue weighted by atomic mass is 10.0. The number of aromatic hydroxyl groups is 1. The summed E-state index contributed by atoms with van der Waals surface area (Å²) in [7, 11) is -3.56. The Hall–Kier alpha value is -4.51. The molecule has 5 aromatic carbocycles. The van der Waals surface area contributed by atoms with Crippen LogP contribution in [0, 0.1) is 0 Å². The van der Waals surface area contributed by atoms with Gasteiger partial charge >= 0.3 is 16.1 Å². The number of aliphatic carboxylic acids is 1. The van der Waals surface area contributed by atoms with E-state index in [1.165, 1.54) is 40.2 Å². The topological polar surface area (TPSA) is 136 Å². The lowest BCUT2D eigenvalue weighted by Gasteiger charge is -2.13. The molecular weight excluding hydrogens is 647 g/mol. The number of rotatable bonds is 14. The third-order valence-corrected chi connectivity index (χ3v) is 9.10. The maximum absolute atomic E-state index is 11.7. The van der Waals surface area contributed by atoms with Crippen molar-refractivity contribution in [1.82, 2.24) is 0 Å². The minimum absolute atomic E-state index is 0.115. The predicted octanol–water partition coefficient (Wildman–Crippen LogP) is 7.18. The lowest BCUT2D eigenvalue weighted by Crippen LogP contribution is -2.20. The molecule has 48 heavy (non-hydrogen) atoms. The molecule has 0 spiro atoms. The molecule has 2 atom stereocenters. The zero-order valence-corrected chi connectivity index (χ0v) is 28.6. The number of aryl methyl sites for hydroxylation is 1. The Morgan fingerprint density at radius 2 is 1.38 bits per heavy atom. The fraction of sp³-hybridized carbons (Fsp3) is 0.237. The molecule has 0 aliphatic carbocycles. The van der Waals surface area contributed by atoms with Gasteiger partial charge in [-0.2, -0.15) is 8.42 Å². The molecule has 0 aliphatic heterocycles. The van der Waals surface area contributed by atoms with Gasteiger partial charge in [-0.15, -0.1) is 11.8 Å². The normalized spacial score (nSPS) is 12.4. The molecule has 0 aliphatic rings. The Bertz CT molecular complexity index is 1860. The summed E-state index contributed by atoms with van der Waals surface area (Å²) in [6.45, 7) is 2.45. The number of phenolic OH excluding ortho intramolecular Hbond substituents is 1. The molecule has 0 saturated heterocycles. The summed E-state index contributed by atoms with van der Waals surface area (Å²) in [6.07, 6.45) is 2.84. The molecule has 0 heterocycles. The molecule has 0 amide bonds. The van der Waals surface area contributed by atoms with E-state index in [0.29, 0.717) is 31.0 Å². The second-order valence-electron chi connectivity index (χ2n) is 11.4. The van der Waals surface area contributed by atoms with Crippen LogP contribution in [0.4, 0.5) is 0 Å². The number of thioether (sulfide) groups is 1. The molecule has 8 nitrogen and oxygen atoms in total. The largest absolute Gasteiger partial charge is 0.508 e. The molecule has 5 aromatic rings. The Balaban J connectivity index is 0.000000331. The molecule has 4 N–H and O–H groups in total. The van der Waals surface area contributed by atoms with Gasteiger partial charge in [-0.1, -0.05) is 72.8 Å². The number of nitrogens with two attached hydrogens (primary N) is 1. The molecular formula is C38H41NO7S2. The maximum Gasteiger partial charge on any atom is 0.316 e. The quantitative estimate of drug-likeness (QED) is 0.104. The van der Waals surface area contributed by atoms with Gasteiger partial charge in [0.1, 0.15) is 22.5 Å². The van der Waals surface area contributed by atoms with E-state index in [4.69, 9.17) is 14.7 Å². The molecule has 5 rings (SSSR count). The van der Waals surface area contributed by atoms with Crippen LogP contribution in [0.2, 0.25) is 0 Å². The summed E-state index contributed by atoms with van der Waals surface area (Å²) in [5.74, 6) is 0.907. The van der Waals surface area contributed by atoms with Gasteiger partial charge in [0.2, 0.25) is 0 Å². The van der Waals surface area contributed by atoms with Gasteiger partial charge in [0, 0.05) is 12.5 Å². The van der Waals surface area contributed by atoms with Gasteiger partial charge in [0.25, 0.3) is 0 Å². The summed E-state index contributed by atoms with van der Waals surface area (Å²) in [4.78, 5) is 11.7. The average molecular weight is 688 g/mol. The van der Waals surface area contributed by atoms with Crippen LogP contribution in [-0.4, -0.2) is 48.5 Å². The first kappa shape index (κ1) is 36.3. The van der Waals surface area contributed by atoms with Crippen LogP contribution in [0.5, 0.6) is 17.2 Å². The molecule has 10 heteroatoms. The monoisotopic (exact) mass is 687 g/mol. The van der Waals surface area contributed by atoms with Crippen molar-refractivity contribution in [2.24, 2.45) is 5.73 Å². The molecule has 1 unspecified atom stereocenters. The van der Waals surface area contributed by atoms with E-state index < -0.39 is 21.3 Å². The summed E-state index contributed by atoms with van der Waals surface area (Å²) in [6, 6.07) is 36.0. The van der Waals surface area contributed by atoms with Gasteiger partial charge in [-0.25, -0.2) is 0 Å². The summed E-state index contributed by atoms with van der Waals surface area (Å²) >= 11 is 1.42. The molecule has 0 radical (unpaired) electrons. The van der Waals surface area contributed by atoms with Crippen molar-refractivity contribution in [3.05, 3.63) is 138 Å². The van der Waals surface area contributed by atoms with Crippen LogP contribution in [0.15, 0.2) is 115 Å². The first-order valence-electron chi connectivity index (χ1n) is 15.5. The number of fused-ring (bicyclic) bond motifs is 1. The molecule has 0 saturated carbocycles. The van der Waals surface area contributed by atoms with Crippen LogP contribution in [0.3, 0.4) is 0 Å². The second-order valence-corrected chi connectivity index (χ2v) is 14.3. The van der Waals surface area contributed by atoms with E-state index in [0.717, 1.165) is 29.4 Å². The highest BCUT2D eigenvalue weighted by Gasteiger charge is 2.18. The van der Waals surface area contributed by atoms with Gasteiger partial charge in [0.15, 0.2) is 0 Å². The first-order valence-corrected chi connectivity index (χ1v) is 18.4. The van der Waals surface area contributed by atoms with Crippen molar-refractivity contribution >= 4 is 38.6 Å². The van der Waals surface area contributed by atoms with E-state index in [2.05, 4.69) is 30.3 Å². The minimum atomic E-state index is -3.56. The molecule has 0 aromatic heterocycles. The van der Waals surface area contributed by atoms with Gasteiger partial charge < -0.3 is 24.9 Å². The highest BCUT2D eigenvalue weighted by molar-refractivity contribution is 8.00. The zero-order valence-electron chi connectivity index (χ0n) is 27.0. The van der Waals surface area contributed by atoms with Crippen molar-refractivity contribution < 1.29 is 32.3 Å². The van der Waals surface area contributed by atoms with Crippen LogP contribution in [0.1, 0.15) is 35.2 Å². The number of hydrogen-bond acceptors (Lipinski definition) is 8. The van der Waals surface area contributed by atoms with Crippen molar-refractivity contribution in [2.75, 3.05) is 18.6 Å². The highest BCUT2D eigenvalue weighted by Crippen LogP contribution is 2.22. The predicted molar refractivity (Wildman–Crippen MR) is 194 cm³/mol. The number of benzene rings is 5. The van der Waals surface area contributed by atoms with Gasteiger partial charge in [-0.05, 0) is 101 Å². The van der Waals surface area contributed by atoms with Crippen molar-refractivity contribution in [3.63, 3.8) is 0 Å². The number of phenols is 1. The molecule has 0 bridgehead atoms. The Morgan fingerprint density at radius 1 is 0.792 bits per heavy atom. The third-order valence-electron chi connectivity index (χ3n) is 7.40. The summed E-state index contributed by atoms with van der Waals surface area (Å²) < 4.78 is 32.8. The number of ether oxygens (including phenoxy) is 1. The van der Waals surface area contributed by atoms with E-state index in [1.807, 2.05) is 55.5 Å². The van der Waals surface area contributed by atoms with E-state index in [9.17, 15) is 23.4 Å². The van der Waals surface area contributed by atoms with Crippen LogP contribution in [0.25, 0.3) is 10.8 Å². The molecule has 252 valence electrons. The maximum atomic E-state index is 11.7. The Morgan fingerprint density at radius 3 is 2.00 bits per heavy atom. The SMILES string of the molecule is CS(=O)(=O)Oc1ccc(OCCc2ccc(CC(SCCc3ccc(O)cc3)C(=O)O)cc2)cc1.C[C@H](N)c1ccc2ccccc2c1. The highest BCUT2D eigenvalue weighted by atomic mass is 32.2. The van der Waals surface area contributed by atoms with Crippen LogP contribution < -0.4 is 14.7 Å². The summed E-state index contributed by atoms with van der Waals surface area (Å²) in [5, 5.41) is 21.0. The van der Waals surface area contributed by atoms with Gasteiger partial charge in [0.05, 0.1) is 12.9 Å². The van der Waals surface area contributed by atoms with Crippen LogP contribution in [-0.2, 0) is 34.2 Å². The van der Waals surface area contributed by atoms with E-state index >= 15 is 0 Å². The lowest BCUT2D eigenvalue weighted by molar-refractivity contribution is -0.136. The van der Waals surface area contributed by atoms with Crippen molar-refractivity contribution in [3.8, 4) is 17.2 Å². The van der Waals surface area contributed by atoms with E-state index in [-0.39, 0.29) is 17.5 Å². The Kier molecular flexibility index (Phi) is 13.3. The molecule has 0 fully saturated rings. The first-order chi connectivity index (χ1) is 22.9. The van der Waals surface area contributed by atoms with Crippen molar-refractivity contribution in [2.45, 2.75) is 37.5 Å². The fourth-order valence-electron chi connectivity index (χ4n) is 4.80. The number of carbonyl (C=O) groups is 1. The zero-order chi connectivity index (χ0) is 34.5. The van der Waals surface area contributed by atoms with Crippen molar-refractivity contribution in [1.29, 1.82) is 0 Å². The standard InChI is InChI=1S/C26H28O7S2.C12H13N/c1-35(30,31)33-24-12-10-23(11-13-24)32-16-14-19-2-4-21(5-3-19)18-25(26(28)29)34-17-15-20-6-8-22(27)9-7-20;1-9(13)11-7-6-10-4-2-3-5-12(10)8-11/h2-13,25,27H,14-18H2,1H3,(H,28,29);2-9H,13H2,1H3/t;9-/m.0/s1. The minimum Gasteiger partial charge on any atom is -0.508 e. The summed E-state index contributed by atoms with van der Waals surface area (Å²) in [5.41, 5.74) is 10.1. The Labute approximate surface area is 286 Å². The number of carboxylic acids is 1. The fourth-order valence-corrected chi connectivity index (χ4v) is 6.35. The second kappa shape index (κ2) is 17.6.